The van der Waals surface area contributed by atoms with Gasteiger partial charge in [0, 0.05) is 24.6 Å². The number of nitrogens with one attached hydrogen (secondary N) is 1. The number of amides is 2. The van der Waals surface area contributed by atoms with Crippen molar-refractivity contribution in [2.45, 2.75) is 24.9 Å². The molecule has 2 fully saturated rings. The van der Waals surface area contributed by atoms with Crippen LogP contribution < -0.4 is 5.32 Å². The molecule has 4 atom stereocenters. The van der Waals surface area contributed by atoms with Crippen LogP contribution in [0.15, 0.2) is 48.5 Å². The zero-order chi connectivity index (χ0) is 22.3. The molecule has 7 nitrogen and oxygen atoms in total. The number of halogens is 1. The van der Waals surface area contributed by atoms with Gasteiger partial charge in [0.2, 0.25) is 11.8 Å². The molecule has 31 heavy (non-hydrogen) atoms. The molecule has 0 saturated carbocycles. The number of aromatic hydroxyl groups is 1. The van der Waals surface area contributed by atoms with E-state index in [0.29, 0.717) is 5.56 Å². The van der Waals surface area contributed by atoms with Gasteiger partial charge in [-0.2, -0.15) is 0 Å². The van der Waals surface area contributed by atoms with Crippen molar-refractivity contribution in [1.29, 1.82) is 0 Å². The molecule has 2 amide bonds. The number of rotatable bonds is 5. The van der Waals surface area contributed by atoms with Crippen LogP contribution in [0.25, 0.3) is 0 Å². The number of carbonyl (C=O) groups excluding carboxylic acids is 3. The number of hydrogen-bond donors (Lipinski definition) is 2. The number of likely N-dealkylation sites (tertiary alicyclic amines) is 1. The summed E-state index contributed by atoms with van der Waals surface area (Å²) in [7, 11) is 1.22. The van der Waals surface area contributed by atoms with E-state index in [0.717, 1.165) is 4.90 Å². The highest BCUT2D eigenvalue weighted by molar-refractivity contribution is 6.09. The van der Waals surface area contributed by atoms with E-state index in [9.17, 15) is 23.9 Å². The van der Waals surface area contributed by atoms with Crippen molar-refractivity contribution in [3.63, 3.8) is 0 Å². The Hall–Kier alpha value is -3.26. The van der Waals surface area contributed by atoms with Crippen LogP contribution in [0.3, 0.4) is 0 Å². The molecule has 0 aromatic heterocycles. The highest BCUT2D eigenvalue weighted by Crippen LogP contribution is 2.50. The zero-order valence-corrected chi connectivity index (χ0v) is 17.2. The molecule has 2 aliphatic heterocycles. The minimum absolute atomic E-state index is 0.0304. The summed E-state index contributed by atoms with van der Waals surface area (Å²) in [5.74, 6) is -4.08. The molecule has 4 rings (SSSR count). The van der Waals surface area contributed by atoms with Crippen LogP contribution >= 0.6 is 0 Å². The average Bonchev–Trinajstić information content (AvgIpc) is 3.23. The Morgan fingerprint density at radius 3 is 2.45 bits per heavy atom. The van der Waals surface area contributed by atoms with Crippen molar-refractivity contribution in [2.24, 2.45) is 11.8 Å². The summed E-state index contributed by atoms with van der Waals surface area (Å²) in [4.78, 5) is 40.7. The molecule has 162 valence electrons. The van der Waals surface area contributed by atoms with Gasteiger partial charge in [0.25, 0.3) is 0 Å². The zero-order valence-electron chi connectivity index (χ0n) is 17.2. The number of ether oxygens (including phenoxy) is 1. The van der Waals surface area contributed by atoms with Crippen molar-refractivity contribution < 1.29 is 28.6 Å². The van der Waals surface area contributed by atoms with Gasteiger partial charge in [-0.1, -0.05) is 30.3 Å². The van der Waals surface area contributed by atoms with Gasteiger partial charge >= 0.3 is 5.97 Å². The summed E-state index contributed by atoms with van der Waals surface area (Å²) in [5, 5.41) is 12.7. The van der Waals surface area contributed by atoms with Crippen LogP contribution in [0.1, 0.15) is 24.1 Å². The number of hydrogen-bond acceptors (Lipinski definition) is 6. The average molecular weight is 426 g/mol. The van der Waals surface area contributed by atoms with Crippen molar-refractivity contribution in [1.82, 2.24) is 10.2 Å². The van der Waals surface area contributed by atoms with E-state index in [1.54, 1.807) is 31.2 Å². The highest BCUT2D eigenvalue weighted by Gasteiger charge is 2.68. The third-order valence-electron chi connectivity index (χ3n) is 6.27. The quantitative estimate of drug-likeness (QED) is 0.561. The summed E-state index contributed by atoms with van der Waals surface area (Å²) in [6.07, 6.45) is 0.0304. The number of carbonyl (C=O) groups is 3. The number of benzene rings is 2. The lowest BCUT2D eigenvalue weighted by atomic mass is 9.76. The molecule has 8 heteroatoms. The summed E-state index contributed by atoms with van der Waals surface area (Å²) in [5.41, 5.74) is -0.702. The molecule has 0 bridgehead atoms. The van der Waals surface area contributed by atoms with Crippen molar-refractivity contribution in [3.8, 4) is 5.75 Å². The normalized spacial score (nSPS) is 27.5. The summed E-state index contributed by atoms with van der Waals surface area (Å²) in [6, 6.07) is 11.3. The van der Waals surface area contributed by atoms with Crippen LogP contribution in [0, 0.1) is 17.7 Å². The lowest BCUT2D eigenvalue weighted by molar-refractivity contribution is -0.154. The highest BCUT2D eigenvalue weighted by atomic mass is 19.1. The summed E-state index contributed by atoms with van der Waals surface area (Å²) < 4.78 is 19.8. The maximum Gasteiger partial charge on any atom is 0.327 e. The van der Waals surface area contributed by atoms with Crippen molar-refractivity contribution in [2.75, 3.05) is 13.7 Å². The minimum Gasteiger partial charge on any atom is -0.508 e. The van der Waals surface area contributed by atoms with E-state index >= 15 is 0 Å². The smallest absolute Gasteiger partial charge is 0.327 e. The predicted molar refractivity (Wildman–Crippen MR) is 108 cm³/mol. The summed E-state index contributed by atoms with van der Waals surface area (Å²) in [6.45, 7) is 1.84. The van der Waals surface area contributed by atoms with Gasteiger partial charge in [-0.15, -0.1) is 0 Å². The number of fused-ring (bicyclic) bond motifs is 1. The molecule has 2 N–H and O–H groups in total. The Balaban J connectivity index is 1.88. The molecule has 2 aromatic rings. The van der Waals surface area contributed by atoms with Gasteiger partial charge in [-0.05, 0) is 30.7 Å². The fourth-order valence-corrected chi connectivity index (χ4v) is 4.91. The lowest BCUT2D eigenvalue weighted by Crippen LogP contribution is -2.57. The second-order valence-electron chi connectivity index (χ2n) is 7.87. The van der Waals surface area contributed by atoms with E-state index in [1.165, 1.54) is 31.4 Å². The molecular formula is C23H23FN2O5. The number of phenolic OH excluding ortho intramolecular Hbond substituents is 1. The van der Waals surface area contributed by atoms with E-state index in [2.05, 4.69) is 5.32 Å². The third-order valence-corrected chi connectivity index (χ3v) is 6.27. The first-order valence-corrected chi connectivity index (χ1v) is 10.1. The van der Waals surface area contributed by atoms with Gasteiger partial charge < -0.3 is 9.84 Å². The molecule has 0 aliphatic carbocycles. The van der Waals surface area contributed by atoms with Gasteiger partial charge in [-0.25, -0.2) is 4.39 Å². The Bertz CT molecular complexity index is 1040. The largest absolute Gasteiger partial charge is 0.508 e. The Kier molecular flexibility index (Phi) is 5.26. The van der Waals surface area contributed by atoms with E-state index in [1.807, 2.05) is 0 Å². The van der Waals surface area contributed by atoms with Crippen LogP contribution in [-0.2, 0) is 25.5 Å². The summed E-state index contributed by atoms with van der Waals surface area (Å²) >= 11 is 0. The molecule has 0 unspecified atom stereocenters. The maximum atomic E-state index is 14.7. The molecule has 2 heterocycles. The Labute approximate surface area is 178 Å². The monoisotopic (exact) mass is 426 g/mol. The molecule has 2 aliphatic rings. The van der Waals surface area contributed by atoms with Crippen LogP contribution in [-0.4, -0.2) is 47.0 Å². The first-order valence-electron chi connectivity index (χ1n) is 10.1. The number of imide groups is 1. The first kappa shape index (κ1) is 21.0. The maximum absolute atomic E-state index is 14.7. The number of nitrogens with zero attached hydrogens (tertiary/aromatic N) is 1. The SMILES string of the molecule is CCN1C(=O)[C@@H]2[C@@H](C1=O)[C@](Cc1ccc(O)cc1)(C(=O)OC)N[C@H]2c1ccccc1F. The molecule has 0 spiro atoms. The van der Waals surface area contributed by atoms with Crippen molar-refractivity contribution >= 4 is 17.8 Å². The second-order valence-corrected chi connectivity index (χ2v) is 7.87. The van der Waals surface area contributed by atoms with E-state index in [4.69, 9.17) is 4.74 Å². The van der Waals surface area contributed by atoms with Crippen LogP contribution in [0.5, 0.6) is 5.75 Å². The number of esters is 1. The minimum atomic E-state index is -1.57. The molecule has 2 saturated heterocycles. The topological polar surface area (TPSA) is 95.9 Å². The number of phenols is 1. The third kappa shape index (κ3) is 3.18. The standard InChI is InChI=1S/C23H23FN2O5/c1-3-26-20(28)17-18(21(26)29)23(22(30)31-2,12-13-8-10-14(27)11-9-13)25-19(17)15-6-4-5-7-16(15)24/h4-11,17-19,25,27H,3,12H2,1-2H3/t17-,18+,19+,23-/m1/s1. The fraction of sp³-hybridized carbons (Fsp3) is 0.348. The second kappa shape index (κ2) is 7.77. The molecule has 2 aromatic carbocycles. The fourth-order valence-electron chi connectivity index (χ4n) is 4.91. The lowest BCUT2D eigenvalue weighted by Gasteiger charge is -2.32. The van der Waals surface area contributed by atoms with Crippen LogP contribution in [0.4, 0.5) is 4.39 Å². The Morgan fingerprint density at radius 2 is 1.84 bits per heavy atom. The Morgan fingerprint density at radius 1 is 1.16 bits per heavy atom. The molecular weight excluding hydrogens is 403 g/mol. The predicted octanol–water partition coefficient (Wildman–Crippen LogP) is 1.95. The number of methoxy groups -OCH3 is 1. The van der Waals surface area contributed by atoms with E-state index < -0.39 is 47.0 Å². The van der Waals surface area contributed by atoms with E-state index in [-0.39, 0.29) is 24.3 Å². The molecule has 0 radical (unpaired) electrons. The van der Waals surface area contributed by atoms with Gasteiger partial charge in [0.05, 0.1) is 18.9 Å². The van der Waals surface area contributed by atoms with Gasteiger partial charge in [0.1, 0.15) is 17.1 Å². The van der Waals surface area contributed by atoms with Crippen molar-refractivity contribution in [3.05, 3.63) is 65.5 Å². The van der Waals surface area contributed by atoms with Gasteiger partial charge in [-0.3, -0.25) is 24.6 Å². The van der Waals surface area contributed by atoms with Gasteiger partial charge in [0.15, 0.2) is 0 Å². The van der Waals surface area contributed by atoms with Crippen LogP contribution in [0.2, 0.25) is 0 Å². The first-order chi connectivity index (χ1) is 14.8.